The number of fused-ring (bicyclic) bond motifs is 1. The number of hydrogen-bond donors (Lipinski definition) is 0. The molecule has 0 N–H and O–H groups in total. The van der Waals surface area contributed by atoms with Crippen molar-refractivity contribution in [3.05, 3.63) is 57.3 Å². The molecule has 7 heteroatoms. The predicted molar refractivity (Wildman–Crippen MR) is 89.4 cm³/mol. The van der Waals surface area contributed by atoms with Gasteiger partial charge >= 0.3 is 6.61 Å². The van der Waals surface area contributed by atoms with Crippen LogP contribution >= 0.6 is 27.5 Å². The normalized spacial score (nSPS) is 11.4. The molecule has 0 saturated heterocycles. The van der Waals surface area contributed by atoms with Gasteiger partial charge in [-0.2, -0.15) is 8.78 Å². The van der Waals surface area contributed by atoms with E-state index in [1.54, 1.807) is 6.07 Å². The van der Waals surface area contributed by atoms with Crippen molar-refractivity contribution in [2.75, 3.05) is 0 Å². The minimum Gasteiger partial charge on any atom is -0.434 e. The Balaban J connectivity index is 2.07. The Hall–Kier alpha value is -1.66. The summed E-state index contributed by atoms with van der Waals surface area (Å²) in [4.78, 5) is 4.48. The summed E-state index contributed by atoms with van der Waals surface area (Å²) in [6, 6.07) is 10.4. The van der Waals surface area contributed by atoms with Gasteiger partial charge in [-0.05, 0) is 43.3 Å². The number of halogens is 4. The van der Waals surface area contributed by atoms with Gasteiger partial charge in [0, 0.05) is 15.1 Å². The predicted octanol–water partition coefficient (Wildman–Crippen LogP) is 5.41. The second kappa shape index (κ2) is 6.45. The molecular formula is C16H12BrClF2N2O. The maximum atomic E-state index is 12.6. The van der Waals surface area contributed by atoms with E-state index >= 15 is 0 Å². The number of rotatable bonds is 4. The van der Waals surface area contributed by atoms with Gasteiger partial charge in [0.2, 0.25) is 0 Å². The van der Waals surface area contributed by atoms with E-state index in [2.05, 4.69) is 25.7 Å². The lowest BCUT2D eigenvalue weighted by Gasteiger charge is -2.13. The highest BCUT2D eigenvalue weighted by atomic mass is 79.9. The highest BCUT2D eigenvalue weighted by Crippen LogP contribution is 2.28. The number of nitrogens with zero attached hydrogens (tertiary/aromatic N) is 2. The Morgan fingerprint density at radius 2 is 2.04 bits per heavy atom. The van der Waals surface area contributed by atoms with Crippen molar-refractivity contribution in [3.63, 3.8) is 0 Å². The molecule has 0 unspecified atom stereocenters. The average Bonchev–Trinajstić information content (AvgIpc) is 2.77. The molecule has 0 aliphatic heterocycles. The van der Waals surface area contributed by atoms with Gasteiger partial charge in [0.05, 0.1) is 17.6 Å². The highest BCUT2D eigenvalue weighted by molar-refractivity contribution is 9.10. The summed E-state index contributed by atoms with van der Waals surface area (Å²) in [5, 5.41) is 0.463. The van der Waals surface area contributed by atoms with Gasteiger partial charge in [-0.3, -0.25) is 0 Å². The van der Waals surface area contributed by atoms with Crippen LogP contribution in [0.2, 0.25) is 5.02 Å². The summed E-state index contributed by atoms with van der Waals surface area (Å²) < 4.78 is 32.6. The molecule has 3 aromatic rings. The molecule has 23 heavy (non-hydrogen) atoms. The van der Waals surface area contributed by atoms with Crippen LogP contribution in [0.1, 0.15) is 11.4 Å². The molecule has 0 aliphatic carbocycles. The molecule has 3 rings (SSSR count). The van der Waals surface area contributed by atoms with Crippen molar-refractivity contribution in [2.24, 2.45) is 0 Å². The molecule has 3 nitrogen and oxygen atoms in total. The molecule has 0 aliphatic rings. The second-order valence-corrected chi connectivity index (χ2v) is 6.36. The molecule has 0 radical (unpaired) electrons. The monoisotopic (exact) mass is 400 g/mol. The molecular weight excluding hydrogens is 390 g/mol. The summed E-state index contributed by atoms with van der Waals surface area (Å²) in [5.74, 6) is 0.890. The van der Waals surface area contributed by atoms with Gasteiger partial charge in [-0.1, -0.05) is 27.5 Å². The van der Waals surface area contributed by atoms with Crippen LogP contribution in [0.5, 0.6) is 5.75 Å². The van der Waals surface area contributed by atoms with Gasteiger partial charge < -0.3 is 9.30 Å². The number of ether oxygens (including phenoxy) is 1. The van der Waals surface area contributed by atoms with Crippen LogP contribution in [0.4, 0.5) is 8.78 Å². The lowest BCUT2D eigenvalue weighted by molar-refractivity contribution is -0.0504. The first kappa shape index (κ1) is 16.2. The van der Waals surface area contributed by atoms with E-state index in [0.717, 1.165) is 21.3 Å². The van der Waals surface area contributed by atoms with E-state index in [-0.39, 0.29) is 5.75 Å². The van der Waals surface area contributed by atoms with Crippen molar-refractivity contribution in [3.8, 4) is 5.75 Å². The summed E-state index contributed by atoms with van der Waals surface area (Å²) in [5.41, 5.74) is 2.31. The maximum absolute atomic E-state index is 12.6. The van der Waals surface area contributed by atoms with Gasteiger partial charge in [-0.25, -0.2) is 4.98 Å². The van der Waals surface area contributed by atoms with E-state index in [1.165, 1.54) is 12.1 Å². The third-order valence-electron chi connectivity index (χ3n) is 3.47. The molecule has 0 saturated carbocycles. The standard InChI is InChI=1S/C16H12BrClF2N2O/c1-9-21-13-4-2-11(17)7-14(13)22(9)8-10-6-12(18)3-5-15(10)23-16(19)20/h2-7,16H,8H2,1H3. The van der Waals surface area contributed by atoms with Crippen molar-refractivity contribution in [1.29, 1.82) is 0 Å². The topological polar surface area (TPSA) is 27.1 Å². The first-order valence-corrected chi connectivity index (χ1v) is 7.97. The van der Waals surface area contributed by atoms with E-state index < -0.39 is 6.61 Å². The van der Waals surface area contributed by atoms with Crippen LogP contribution in [-0.4, -0.2) is 16.2 Å². The van der Waals surface area contributed by atoms with E-state index in [4.69, 9.17) is 11.6 Å². The lowest BCUT2D eigenvalue weighted by Crippen LogP contribution is -2.08. The Bertz CT molecular complexity index is 867. The first-order chi connectivity index (χ1) is 10.9. The first-order valence-electron chi connectivity index (χ1n) is 6.79. The molecule has 0 fully saturated rings. The van der Waals surface area contributed by atoms with Crippen LogP contribution in [0, 0.1) is 6.92 Å². The Labute approximate surface area is 145 Å². The zero-order valence-corrected chi connectivity index (χ0v) is 14.4. The maximum Gasteiger partial charge on any atom is 0.387 e. The van der Waals surface area contributed by atoms with Gasteiger partial charge in [0.1, 0.15) is 11.6 Å². The summed E-state index contributed by atoms with van der Waals surface area (Å²) in [6.45, 7) is -0.683. The minimum absolute atomic E-state index is 0.112. The summed E-state index contributed by atoms with van der Waals surface area (Å²) in [7, 11) is 0. The molecule has 0 spiro atoms. The lowest BCUT2D eigenvalue weighted by atomic mass is 10.2. The van der Waals surface area contributed by atoms with Gasteiger partial charge in [0.15, 0.2) is 0 Å². The molecule has 0 amide bonds. The number of hydrogen-bond acceptors (Lipinski definition) is 2. The summed E-state index contributed by atoms with van der Waals surface area (Å²) in [6.07, 6.45) is 0. The van der Waals surface area contributed by atoms with E-state index in [9.17, 15) is 8.78 Å². The van der Waals surface area contributed by atoms with Crippen LogP contribution in [0.15, 0.2) is 40.9 Å². The highest BCUT2D eigenvalue weighted by Gasteiger charge is 2.14. The number of aryl methyl sites for hydroxylation is 1. The number of benzene rings is 2. The van der Waals surface area contributed by atoms with Crippen molar-refractivity contribution in [1.82, 2.24) is 9.55 Å². The minimum atomic E-state index is -2.88. The fourth-order valence-electron chi connectivity index (χ4n) is 2.47. The summed E-state index contributed by atoms with van der Waals surface area (Å²) >= 11 is 9.44. The van der Waals surface area contributed by atoms with Crippen LogP contribution < -0.4 is 4.74 Å². The van der Waals surface area contributed by atoms with Crippen molar-refractivity contribution < 1.29 is 13.5 Å². The van der Waals surface area contributed by atoms with E-state index in [0.29, 0.717) is 17.1 Å². The molecule has 0 atom stereocenters. The van der Waals surface area contributed by atoms with Crippen molar-refractivity contribution >= 4 is 38.6 Å². The average molecular weight is 402 g/mol. The zero-order chi connectivity index (χ0) is 16.6. The van der Waals surface area contributed by atoms with Crippen LogP contribution in [0.25, 0.3) is 11.0 Å². The smallest absolute Gasteiger partial charge is 0.387 e. The van der Waals surface area contributed by atoms with Crippen LogP contribution in [0.3, 0.4) is 0 Å². The molecule has 0 bridgehead atoms. The van der Waals surface area contributed by atoms with Gasteiger partial charge in [-0.15, -0.1) is 0 Å². The molecule has 120 valence electrons. The van der Waals surface area contributed by atoms with E-state index in [1.807, 2.05) is 29.7 Å². The quantitative estimate of drug-likeness (QED) is 0.584. The number of aromatic nitrogens is 2. The third kappa shape index (κ3) is 3.48. The number of alkyl halides is 2. The third-order valence-corrected chi connectivity index (χ3v) is 4.20. The molecule has 1 aromatic heterocycles. The number of imidazole rings is 1. The fraction of sp³-hybridized carbons (Fsp3) is 0.188. The second-order valence-electron chi connectivity index (χ2n) is 5.01. The largest absolute Gasteiger partial charge is 0.434 e. The molecule has 1 heterocycles. The SMILES string of the molecule is Cc1nc2ccc(Br)cc2n1Cc1cc(Cl)ccc1OC(F)F. The Kier molecular flexibility index (Phi) is 4.55. The van der Waals surface area contributed by atoms with Crippen molar-refractivity contribution in [2.45, 2.75) is 20.1 Å². The zero-order valence-electron chi connectivity index (χ0n) is 12.1. The van der Waals surface area contributed by atoms with Gasteiger partial charge in [0.25, 0.3) is 0 Å². The molecule has 2 aromatic carbocycles. The fourth-order valence-corrected chi connectivity index (χ4v) is 3.01. The Morgan fingerprint density at radius 1 is 1.26 bits per heavy atom. The Morgan fingerprint density at radius 3 is 2.78 bits per heavy atom. The van der Waals surface area contributed by atoms with Crippen LogP contribution in [-0.2, 0) is 6.54 Å².